The van der Waals surface area contributed by atoms with Gasteiger partial charge in [0.2, 0.25) is 0 Å². The van der Waals surface area contributed by atoms with Crippen LogP contribution in [-0.2, 0) is 17.3 Å². The highest BCUT2D eigenvalue weighted by atomic mass is 19.4. The Balaban J connectivity index is 1.66. The van der Waals surface area contributed by atoms with Gasteiger partial charge in [0, 0.05) is 25.4 Å². The highest BCUT2D eigenvalue weighted by Gasteiger charge is 2.33. The van der Waals surface area contributed by atoms with E-state index in [9.17, 15) is 18.0 Å². The average Bonchev–Trinajstić information content (AvgIpc) is 3.16. The van der Waals surface area contributed by atoms with Crippen molar-refractivity contribution in [2.75, 3.05) is 24.6 Å². The number of alkyl halides is 3. The summed E-state index contributed by atoms with van der Waals surface area (Å²) in [4.78, 5) is 12.9. The number of carbonyl (C=O) groups is 1. The lowest BCUT2D eigenvalue weighted by Crippen LogP contribution is -2.39. The van der Waals surface area contributed by atoms with Crippen molar-refractivity contribution in [2.45, 2.75) is 38.1 Å². The third-order valence-corrected chi connectivity index (χ3v) is 5.57. The fourth-order valence-corrected chi connectivity index (χ4v) is 4.10. The maximum Gasteiger partial charge on any atom is 0.416 e. The topological polar surface area (TPSA) is 79.6 Å². The van der Waals surface area contributed by atoms with Crippen molar-refractivity contribution < 1.29 is 27.8 Å². The quantitative estimate of drug-likeness (QED) is 0.770. The molecule has 4 rings (SSSR count). The Morgan fingerprint density at radius 2 is 2.03 bits per heavy atom. The molecule has 162 valence electrons. The molecular weight excluding hydrogens is 401 g/mol. The van der Waals surface area contributed by atoms with Gasteiger partial charge >= 0.3 is 12.3 Å². The summed E-state index contributed by atoms with van der Waals surface area (Å²) >= 11 is 0. The van der Waals surface area contributed by atoms with Crippen molar-refractivity contribution in [2.24, 2.45) is 5.92 Å². The number of fused-ring (bicyclic) bond motifs is 1. The predicted octanol–water partition coefficient (Wildman–Crippen LogP) is 4.18. The highest BCUT2D eigenvalue weighted by Crippen LogP contribution is 2.39. The van der Waals surface area contributed by atoms with Crippen LogP contribution < -0.4 is 10.2 Å². The lowest BCUT2D eigenvalue weighted by atomic mass is 9.96. The van der Waals surface area contributed by atoms with Crippen molar-refractivity contribution in [3.05, 3.63) is 41.7 Å². The van der Waals surface area contributed by atoms with Gasteiger partial charge in [0.25, 0.3) is 0 Å². The minimum atomic E-state index is -4.40. The number of ether oxygens (including phenoxy) is 1. The first-order chi connectivity index (χ1) is 14.3. The van der Waals surface area contributed by atoms with Crippen LogP contribution in [0.4, 0.5) is 29.3 Å². The van der Waals surface area contributed by atoms with E-state index >= 15 is 0 Å². The van der Waals surface area contributed by atoms with E-state index in [1.54, 1.807) is 6.20 Å². The summed E-state index contributed by atoms with van der Waals surface area (Å²) in [5.74, 6) is -0.0602. The summed E-state index contributed by atoms with van der Waals surface area (Å²) in [6.45, 7) is 1.37. The molecule has 2 N–H and O–H groups in total. The molecule has 0 aliphatic carbocycles. The van der Waals surface area contributed by atoms with Gasteiger partial charge in [-0.05, 0) is 55.9 Å². The summed E-state index contributed by atoms with van der Waals surface area (Å²) in [6.07, 6.45) is -0.489. The molecule has 0 saturated carbocycles. The molecule has 2 aliphatic heterocycles. The first-order valence-corrected chi connectivity index (χ1v) is 9.92. The second-order valence-corrected chi connectivity index (χ2v) is 7.65. The molecule has 1 aromatic heterocycles. The lowest BCUT2D eigenvalue weighted by Gasteiger charge is -2.35. The molecule has 1 aromatic carbocycles. The number of halogens is 3. The zero-order chi connectivity index (χ0) is 21.3. The number of benzene rings is 1. The summed E-state index contributed by atoms with van der Waals surface area (Å²) in [5, 5.41) is 15.9. The molecule has 2 aromatic rings. The van der Waals surface area contributed by atoms with Crippen LogP contribution in [-0.4, -0.2) is 40.7 Å². The zero-order valence-corrected chi connectivity index (χ0v) is 16.2. The van der Waals surface area contributed by atoms with Crippen molar-refractivity contribution in [1.29, 1.82) is 0 Å². The monoisotopic (exact) mass is 424 g/mol. The van der Waals surface area contributed by atoms with E-state index in [0.717, 1.165) is 42.8 Å². The van der Waals surface area contributed by atoms with Crippen LogP contribution in [0.3, 0.4) is 0 Å². The van der Waals surface area contributed by atoms with Crippen LogP contribution in [0.25, 0.3) is 0 Å². The molecule has 7 nitrogen and oxygen atoms in total. The van der Waals surface area contributed by atoms with Crippen molar-refractivity contribution in [1.82, 2.24) is 15.1 Å². The van der Waals surface area contributed by atoms with Gasteiger partial charge in [-0.25, -0.2) is 9.48 Å². The van der Waals surface area contributed by atoms with E-state index < -0.39 is 17.8 Å². The lowest BCUT2D eigenvalue weighted by molar-refractivity contribution is -0.137. The van der Waals surface area contributed by atoms with Crippen molar-refractivity contribution in [3.63, 3.8) is 0 Å². The normalized spacial score (nSPS) is 21.9. The molecule has 0 spiro atoms. The Morgan fingerprint density at radius 3 is 2.67 bits per heavy atom. The Kier molecular flexibility index (Phi) is 5.59. The van der Waals surface area contributed by atoms with Crippen LogP contribution in [0, 0.1) is 5.92 Å². The summed E-state index contributed by atoms with van der Waals surface area (Å²) in [6, 6.07) is 4.99. The molecule has 10 heteroatoms. The average molecular weight is 424 g/mol. The number of rotatable bonds is 4. The number of amides is 1. The zero-order valence-electron chi connectivity index (χ0n) is 16.2. The molecule has 0 bridgehead atoms. The third-order valence-electron chi connectivity index (χ3n) is 5.57. The first-order valence-electron chi connectivity index (χ1n) is 9.92. The number of nitrogens with one attached hydrogen (secondary N) is 1. The predicted molar refractivity (Wildman–Crippen MR) is 103 cm³/mol. The van der Waals surface area contributed by atoms with E-state index in [1.807, 2.05) is 9.58 Å². The minimum absolute atomic E-state index is 0.0602. The Bertz CT molecular complexity index is 892. The first kappa shape index (κ1) is 20.5. The Labute approximate surface area is 171 Å². The number of aromatic nitrogens is 2. The largest absolute Gasteiger partial charge is 0.465 e. The molecular formula is C20H23F3N4O3. The molecule has 1 saturated heterocycles. The fourth-order valence-electron chi connectivity index (χ4n) is 4.10. The molecule has 30 heavy (non-hydrogen) atoms. The number of hydrogen-bond donors (Lipinski definition) is 2. The SMILES string of the molecule is O=C(O)NCC1Cc2c(cnn2C2CCCCO2)N(c2ccc(C(F)(F)F)cc2)C1. The summed E-state index contributed by atoms with van der Waals surface area (Å²) in [7, 11) is 0. The Hall–Kier alpha value is -2.75. The minimum Gasteiger partial charge on any atom is -0.465 e. The van der Waals surface area contributed by atoms with Gasteiger partial charge in [0.1, 0.15) is 0 Å². The van der Waals surface area contributed by atoms with Gasteiger partial charge in [0.15, 0.2) is 6.23 Å². The summed E-state index contributed by atoms with van der Waals surface area (Å²) in [5.41, 5.74) is 1.62. The molecule has 0 radical (unpaired) electrons. The van der Waals surface area contributed by atoms with E-state index in [1.165, 1.54) is 12.1 Å². The third kappa shape index (κ3) is 4.23. The molecule has 2 aliphatic rings. The van der Waals surface area contributed by atoms with E-state index in [4.69, 9.17) is 9.84 Å². The van der Waals surface area contributed by atoms with Gasteiger partial charge in [-0.1, -0.05) is 0 Å². The van der Waals surface area contributed by atoms with Gasteiger partial charge in [-0.15, -0.1) is 0 Å². The number of anilines is 2. The van der Waals surface area contributed by atoms with E-state index in [0.29, 0.717) is 25.3 Å². The molecule has 2 atom stereocenters. The summed E-state index contributed by atoms with van der Waals surface area (Å²) < 4.78 is 46.5. The number of carboxylic acid groups (broad SMARTS) is 1. The fraction of sp³-hybridized carbons (Fsp3) is 0.500. The molecule has 3 heterocycles. The highest BCUT2D eigenvalue weighted by molar-refractivity contribution is 5.67. The van der Waals surface area contributed by atoms with Crippen LogP contribution >= 0.6 is 0 Å². The maximum atomic E-state index is 12.9. The van der Waals surface area contributed by atoms with Crippen LogP contribution in [0.1, 0.15) is 36.7 Å². The molecule has 1 amide bonds. The molecule has 2 unspecified atom stereocenters. The van der Waals surface area contributed by atoms with Gasteiger partial charge in [0.05, 0.1) is 23.1 Å². The smallest absolute Gasteiger partial charge is 0.416 e. The van der Waals surface area contributed by atoms with Crippen LogP contribution in [0.15, 0.2) is 30.5 Å². The van der Waals surface area contributed by atoms with E-state index in [-0.39, 0.29) is 18.7 Å². The maximum absolute atomic E-state index is 12.9. The number of nitrogens with zero attached hydrogens (tertiary/aromatic N) is 3. The van der Waals surface area contributed by atoms with Gasteiger partial charge in [-0.3, -0.25) is 0 Å². The van der Waals surface area contributed by atoms with Gasteiger partial charge in [-0.2, -0.15) is 18.3 Å². The second kappa shape index (κ2) is 8.17. The van der Waals surface area contributed by atoms with Crippen LogP contribution in [0.5, 0.6) is 0 Å². The number of hydrogen-bond acceptors (Lipinski definition) is 4. The van der Waals surface area contributed by atoms with Crippen molar-refractivity contribution >= 4 is 17.5 Å². The van der Waals surface area contributed by atoms with Gasteiger partial charge < -0.3 is 20.1 Å². The van der Waals surface area contributed by atoms with Crippen LogP contribution in [0.2, 0.25) is 0 Å². The second-order valence-electron chi connectivity index (χ2n) is 7.65. The van der Waals surface area contributed by atoms with Crippen molar-refractivity contribution in [3.8, 4) is 0 Å². The molecule has 1 fully saturated rings. The standard InChI is InChI=1S/C20H23F3N4O3/c21-20(22,23)14-4-6-15(7-5-14)26-12-13(10-24-19(28)29)9-16-17(26)11-25-27(16)18-3-1-2-8-30-18/h4-7,11,13,18,24H,1-3,8-10,12H2,(H,28,29). The van der Waals surface area contributed by atoms with E-state index in [2.05, 4.69) is 10.4 Å². The Morgan fingerprint density at radius 1 is 1.27 bits per heavy atom.